The van der Waals surface area contributed by atoms with Crippen LogP contribution < -0.4 is 4.90 Å². The van der Waals surface area contributed by atoms with E-state index in [1.54, 1.807) is 0 Å². The predicted octanol–water partition coefficient (Wildman–Crippen LogP) is 14.0. The Labute approximate surface area is 331 Å². The smallest absolute Gasteiger partial charge is 0.227 e. The predicted molar refractivity (Wildman–Crippen MR) is 233 cm³/mol. The fourth-order valence-corrected chi connectivity index (χ4v) is 8.22. The summed E-state index contributed by atoms with van der Waals surface area (Å²) in [5.41, 5.74) is 13.3. The van der Waals surface area contributed by atoms with Crippen molar-refractivity contribution in [2.45, 2.75) is 0 Å². The Hall–Kier alpha value is -8.03. The topological polar surface area (TPSA) is 81.3 Å². The molecule has 0 aliphatic carbocycles. The number of hydrogen-bond donors (Lipinski definition) is 0. The molecule has 0 unspecified atom stereocenters. The summed E-state index contributed by atoms with van der Waals surface area (Å²) in [4.78, 5) is 16.6. The molecule has 0 spiro atoms. The van der Waals surface area contributed by atoms with E-state index < -0.39 is 0 Å². The third kappa shape index (κ3) is 5.18. The van der Waals surface area contributed by atoms with Gasteiger partial charge in [0, 0.05) is 61.3 Å². The van der Waals surface area contributed by atoms with Crippen LogP contribution in [-0.2, 0) is 0 Å². The van der Waals surface area contributed by atoms with E-state index in [2.05, 4.69) is 131 Å². The Bertz CT molecular complexity index is 3350. The third-order valence-corrected chi connectivity index (χ3v) is 11.0. The molecular weight excluding hydrogens is 717 g/mol. The molecule has 6 aromatic heterocycles. The second kappa shape index (κ2) is 12.8. The van der Waals surface area contributed by atoms with Gasteiger partial charge in [-0.2, -0.15) is 0 Å². The Kier molecular flexibility index (Phi) is 7.09. The lowest BCUT2D eigenvalue weighted by molar-refractivity contribution is 0.654. The van der Waals surface area contributed by atoms with Gasteiger partial charge in [0.25, 0.3) is 0 Å². The molecule has 58 heavy (non-hydrogen) atoms. The fourth-order valence-electron chi connectivity index (χ4n) is 8.22. The van der Waals surface area contributed by atoms with E-state index in [1.807, 2.05) is 60.8 Å². The maximum Gasteiger partial charge on any atom is 0.227 e. The van der Waals surface area contributed by atoms with Gasteiger partial charge in [-0.25, -0.2) is 15.0 Å². The average Bonchev–Trinajstić information content (AvgIpc) is 3.98. The van der Waals surface area contributed by atoms with Gasteiger partial charge in [-0.15, -0.1) is 0 Å². The summed E-state index contributed by atoms with van der Waals surface area (Å²) in [5, 5.41) is 6.21. The number of nitrogens with zero attached hydrogens (tertiary/aromatic N) is 4. The van der Waals surface area contributed by atoms with Gasteiger partial charge in [0.1, 0.15) is 16.7 Å². The molecule has 6 aromatic carbocycles. The maximum atomic E-state index is 6.11. The summed E-state index contributed by atoms with van der Waals surface area (Å²) in [6.45, 7) is 0. The van der Waals surface area contributed by atoms with Crippen LogP contribution >= 0.6 is 0 Å². The maximum absolute atomic E-state index is 6.11. The van der Waals surface area contributed by atoms with Gasteiger partial charge in [-0.1, -0.05) is 91.0 Å². The molecule has 0 bridgehead atoms. The number of pyridine rings is 3. The minimum Gasteiger partial charge on any atom is -0.438 e. The van der Waals surface area contributed by atoms with Crippen molar-refractivity contribution in [3.63, 3.8) is 0 Å². The first kappa shape index (κ1) is 32.2. The Balaban J connectivity index is 0.931. The Morgan fingerprint density at radius 2 is 0.776 bits per heavy atom. The second-order valence-electron chi connectivity index (χ2n) is 14.4. The molecule has 0 radical (unpaired) electrons. The molecule has 0 aliphatic rings. The fraction of sp³-hybridized carbons (Fsp3) is 0. The number of hydrogen-bond acceptors (Lipinski definition) is 7. The van der Waals surface area contributed by atoms with Crippen molar-refractivity contribution in [2.24, 2.45) is 0 Å². The number of fused-ring (bicyclic) bond motifs is 9. The van der Waals surface area contributed by atoms with Crippen molar-refractivity contribution < 1.29 is 13.3 Å². The summed E-state index contributed by atoms with van der Waals surface area (Å²) < 4.78 is 18.3. The highest BCUT2D eigenvalue weighted by Crippen LogP contribution is 2.40. The molecule has 7 nitrogen and oxygen atoms in total. The summed E-state index contributed by atoms with van der Waals surface area (Å²) >= 11 is 0. The van der Waals surface area contributed by atoms with Crippen LogP contribution in [0.25, 0.3) is 99.8 Å². The molecule has 12 aromatic rings. The summed E-state index contributed by atoms with van der Waals surface area (Å²) in [6, 6.07) is 60.3. The van der Waals surface area contributed by atoms with Gasteiger partial charge < -0.3 is 18.2 Å². The van der Waals surface area contributed by atoms with E-state index in [0.29, 0.717) is 17.1 Å². The lowest BCUT2D eigenvalue weighted by Gasteiger charge is -2.26. The quantitative estimate of drug-likeness (QED) is 0.168. The number of benzene rings is 6. The van der Waals surface area contributed by atoms with Crippen LogP contribution in [0.4, 0.5) is 17.1 Å². The molecule has 0 atom stereocenters. The van der Waals surface area contributed by atoms with Crippen LogP contribution in [0.2, 0.25) is 0 Å². The van der Waals surface area contributed by atoms with Crippen LogP contribution in [0.1, 0.15) is 0 Å². The third-order valence-electron chi connectivity index (χ3n) is 11.0. The second-order valence-corrected chi connectivity index (χ2v) is 14.4. The Morgan fingerprint density at radius 1 is 0.345 bits per heavy atom. The molecule has 0 fully saturated rings. The normalized spacial score (nSPS) is 11.8. The van der Waals surface area contributed by atoms with Crippen molar-refractivity contribution in [1.29, 1.82) is 0 Å². The summed E-state index contributed by atoms with van der Waals surface area (Å²) in [7, 11) is 0. The number of para-hydroxylation sites is 3. The van der Waals surface area contributed by atoms with Gasteiger partial charge in [0.15, 0.2) is 0 Å². The molecule has 0 saturated carbocycles. The molecule has 0 N–H and O–H groups in total. The van der Waals surface area contributed by atoms with Crippen LogP contribution in [0.3, 0.4) is 0 Å². The number of aromatic nitrogens is 3. The SMILES string of the molecule is c1ccc2c(c1)oc1nc(-c3ccc(N(c4ccc(-c5ccc6c(n5)oc5ccccc56)cc4)c4ccc(-c5ccnc6oc7ccccc7c56)cc4)cc3)ccc12. The minimum atomic E-state index is 0.632. The van der Waals surface area contributed by atoms with E-state index in [0.717, 1.165) is 99.8 Å². The molecule has 0 amide bonds. The molecule has 0 saturated heterocycles. The van der Waals surface area contributed by atoms with Crippen molar-refractivity contribution in [3.05, 3.63) is 182 Å². The van der Waals surface area contributed by atoms with Crippen molar-refractivity contribution >= 4 is 83.3 Å². The van der Waals surface area contributed by atoms with Crippen molar-refractivity contribution in [2.75, 3.05) is 4.90 Å². The van der Waals surface area contributed by atoms with Gasteiger partial charge in [-0.3, -0.25) is 0 Å². The standard InChI is InChI=1S/C51H30N4O3/c1-4-10-45-38(7-1)40-25-27-43(53-49(40)56-45)32-15-21-35(22-16-32)55(34-19-13-31(14-20-34)37-29-30-52-51-48(37)42-9-3-6-12-47(42)58-51)36-23-17-33(18-24-36)44-28-26-41-39-8-2-5-11-46(39)57-50(41)54-44/h1-30H. The first-order valence-electron chi connectivity index (χ1n) is 19.2. The summed E-state index contributed by atoms with van der Waals surface area (Å²) in [6.07, 6.45) is 1.81. The zero-order valence-corrected chi connectivity index (χ0v) is 30.8. The molecule has 272 valence electrons. The minimum absolute atomic E-state index is 0.632. The lowest BCUT2D eigenvalue weighted by atomic mass is 10.0. The zero-order valence-electron chi connectivity index (χ0n) is 30.8. The number of anilines is 3. The van der Waals surface area contributed by atoms with E-state index >= 15 is 0 Å². The average molecular weight is 747 g/mol. The molecule has 0 aliphatic heterocycles. The molecule has 6 heterocycles. The highest BCUT2D eigenvalue weighted by molar-refractivity contribution is 6.11. The van der Waals surface area contributed by atoms with Gasteiger partial charge in [0.2, 0.25) is 17.1 Å². The summed E-state index contributed by atoms with van der Waals surface area (Å²) in [5.74, 6) is 0. The molecule has 7 heteroatoms. The van der Waals surface area contributed by atoms with E-state index in [9.17, 15) is 0 Å². The van der Waals surface area contributed by atoms with E-state index in [-0.39, 0.29) is 0 Å². The molecular formula is C51H30N4O3. The number of furan rings is 3. The van der Waals surface area contributed by atoms with Crippen molar-refractivity contribution in [3.8, 4) is 33.6 Å². The monoisotopic (exact) mass is 746 g/mol. The number of rotatable bonds is 6. The first-order valence-corrected chi connectivity index (χ1v) is 19.2. The zero-order chi connectivity index (χ0) is 38.2. The van der Waals surface area contributed by atoms with Gasteiger partial charge in [-0.05, 0) is 96.1 Å². The Morgan fingerprint density at radius 3 is 1.29 bits per heavy atom. The molecule has 12 rings (SSSR count). The van der Waals surface area contributed by atoms with Crippen LogP contribution in [-0.4, -0.2) is 15.0 Å². The lowest BCUT2D eigenvalue weighted by Crippen LogP contribution is -2.09. The highest BCUT2D eigenvalue weighted by atomic mass is 16.3. The van der Waals surface area contributed by atoms with Crippen LogP contribution in [0, 0.1) is 0 Å². The van der Waals surface area contributed by atoms with Crippen LogP contribution in [0.5, 0.6) is 0 Å². The van der Waals surface area contributed by atoms with Gasteiger partial charge in [0.05, 0.1) is 16.8 Å². The van der Waals surface area contributed by atoms with E-state index in [1.165, 1.54) is 0 Å². The largest absolute Gasteiger partial charge is 0.438 e. The van der Waals surface area contributed by atoms with E-state index in [4.69, 9.17) is 23.2 Å². The van der Waals surface area contributed by atoms with Gasteiger partial charge >= 0.3 is 0 Å². The first-order chi connectivity index (χ1) is 28.7. The van der Waals surface area contributed by atoms with Crippen molar-refractivity contribution in [1.82, 2.24) is 15.0 Å². The highest BCUT2D eigenvalue weighted by Gasteiger charge is 2.18. The van der Waals surface area contributed by atoms with Crippen LogP contribution in [0.15, 0.2) is 195 Å².